The Labute approximate surface area is 171 Å². The molecule has 0 saturated carbocycles. The van der Waals surface area contributed by atoms with E-state index in [1.807, 2.05) is 0 Å². The third-order valence-electron chi connectivity index (χ3n) is 3.76. The molecular weight excluding hydrogens is 414 g/mol. The third-order valence-corrected chi connectivity index (χ3v) is 6.52. The fraction of sp³-hybridized carbons (Fsp3) is 0.0526. The number of hydrazone groups is 1. The average Bonchev–Trinajstić information content (AvgIpc) is 3.24. The van der Waals surface area contributed by atoms with E-state index in [1.54, 1.807) is 35.7 Å². The number of nitrogens with zero attached hydrogens (tertiary/aromatic N) is 1. The molecule has 150 valence electrons. The highest BCUT2D eigenvalue weighted by atomic mass is 32.2. The van der Waals surface area contributed by atoms with Crippen LogP contribution in [0.15, 0.2) is 69.3 Å². The zero-order valence-electron chi connectivity index (χ0n) is 15.2. The molecule has 0 atom stereocenters. The van der Waals surface area contributed by atoms with Crippen molar-refractivity contribution in [3.63, 3.8) is 0 Å². The minimum absolute atomic E-state index is 0.0592. The number of carbonyl (C=O) groups excluding carboxylic acids is 1. The van der Waals surface area contributed by atoms with Gasteiger partial charge < -0.3 is 9.84 Å². The summed E-state index contributed by atoms with van der Waals surface area (Å²) in [5.74, 6) is -0.335. The van der Waals surface area contributed by atoms with Crippen molar-refractivity contribution in [2.24, 2.45) is 5.10 Å². The summed E-state index contributed by atoms with van der Waals surface area (Å²) < 4.78 is 32.4. The number of para-hydroxylation sites is 1. The molecule has 0 unspecified atom stereocenters. The first-order valence-electron chi connectivity index (χ1n) is 8.26. The van der Waals surface area contributed by atoms with Gasteiger partial charge in [-0.2, -0.15) is 5.10 Å². The summed E-state index contributed by atoms with van der Waals surface area (Å²) in [6.07, 6.45) is 1.34. The van der Waals surface area contributed by atoms with E-state index < -0.39 is 15.9 Å². The quantitative estimate of drug-likeness (QED) is 0.393. The predicted molar refractivity (Wildman–Crippen MR) is 111 cm³/mol. The molecule has 0 saturated heterocycles. The highest BCUT2D eigenvalue weighted by Crippen LogP contribution is 2.25. The number of aromatic hydroxyl groups is 1. The van der Waals surface area contributed by atoms with Crippen molar-refractivity contribution < 1.29 is 23.1 Å². The molecule has 1 aromatic heterocycles. The molecule has 0 aliphatic rings. The number of hydrogen-bond donors (Lipinski definition) is 3. The number of anilines is 1. The van der Waals surface area contributed by atoms with Crippen molar-refractivity contribution in [1.82, 2.24) is 5.43 Å². The molecule has 3 rings (SSSR count). The number of phenols is 1. The van der Waals surface area contributed by atoms with Crippen LogP contribution in [0.1, 0.15) is 15.9 Å². The Kier molecular flexibility index (Phi) is 6.15. The van der Waals surface area contributed by atoms with Crippen LogP contribution in [-0.2, 0) is 10.0 Å². The second-order valence-electron chi connectivity index (χ2n) is 5.71. The van der Waals surface area contributed by atoms with Gasteiger partial charge in [0.2, 0.25) is 0 Å². The lowest BCUT2D eigenvalue weighted by molar-refractivity contribution is 0.0956. The van der Waals surface area contributed by atoms with Crippen LogP contribution in [0, 0.1) is 0 Å². The van der Waals surface area contributed by atoms with Gasteiger partial charge in [-0.3, -0.25) is 9.52 Å². The Morgan fingerprint density at radius 2 is 1.97 bits per heavy atom. The number of hydrogen-bond acceptors (Lipinski definition) is 7. The Morgan fingerprint density at radius 1 is 1.17 bits per heavy atom. The first-order chi connectivity index (χ1) is 13.9. The monoisotopic (exact) mass is 431 g/mol. The van der Waals surface area contributed by atoms with Gasteiger partial charge in [0.05, 0.1) is 24.6 Å². The van der Waals surface area contributed by atoms with Crippen LogP contribution in [0.4, 0.5) is 5.69 Å². The van der Waals surface area contributed by atoms with Gasteiger partial charge in [0, 0.05) is 0 Å². The summed E-state index contributed by atoms with van der Waals surface area (Å²) in [5, 5.41) is 15.3. The summed E-state index contributed by atoms with van der Waals surface area (Å²) in [6.45, 7) is 0. The number of methoxy groups -OCH3 is 1. The fourth-order valence-corrected chi connectivity index (χ4v) is 4.47. The van der Waals surface area contributed by atoms with Gasteiger partial charge in [0.15, 0.2) is 11.5 Å². The molecule has 0 fully saturated rings. The maximum Gasteiger partial charge on any atom is 0.273 e. The topological polar surface area (TPSA) is 117 Å². The molecule has 8 nitrogen and oxygen atoms in total. The van der Waals surface area contributed by atoms with Crippen molar-refractivity contribution in [3.8, 4) is 11.5 Å². The standard InChI is InChI=1S/C19H17N3O5S2/c1-27-17-9-8-13(11-16(17)23)12-20-21-19(24)14-5-2-3-6-15(14)22-29(25,26)18-7-4-10-28-18/h2-12,22-23H,1H3,(H,21,24)/b20-12-. The number of phenolic OH excluding ortho intramolecular Hbond substituents is 1. The van der Waals surface area contributed by atoms with Crippen LogP contribution >= 0.6 is 11.3 Å². The minimum atomic E-state index is -3.79. The zero-order valence-corrected chi connectivity index (χ0v) is 16.8. The number of ether oxygens (including phenoxy) is 1. The molecular formula is C19H17N3O5S2. The van der Waals surface area contributed by atoms with Crippen molar-refractivity contribution in [1.29, 1.82) is 0 Å². The van der Waals surface area contributed by atoms with Gasteiger partial charge in [0.25, 0.3) is 15.9 Å². The molecule has 3 aromatic rings. The third kappa shape index (κ3) is 4.92. The average molecular weight is 431 g/mol. The lowest BCUT2D eigenvalue weighted by atomic mass is 10.2. The Hall–Kier alpha value is -3.37. The number of thiophene rings is 1. The number of carbonyl (C=O) groups is 1. The van der Waals surface area contributed by atoms with Gasteiger partial charge in [-0.05, 0) is 47.3 Å². The van der Waals surface area contributed by atoms with Crippen molar-refractivity contribution in [3.05, 3.63) is 71.1 Å². The fourth-order valence-electron chi connectivity index (χ4n) is 2.39. The largest absolute Gasteiger partial charge is 0.504 e. The highest BCUT2D eigenvalue weighted by molar-refractivity contribution is 7.94. The van der Waals surface area contributed by atoms with Gasteiger partial charge in [-0.25, -0.2) is 13.8 Å². The minimum Gasteiger partial charge on any atom is -0.504 e. The van der Waals surface area contributed by atoms with E-state index in [0.717, 1.165) is 11.3 Å². The first kappa shape index (κ1) is 20.4. The highest BCUT2D eigenvalue weighted by Gasteiger charge is 2.19. The Bertz CT molecular complexity index is 1140. The number of rotatable bonds is 7. The summed E-state index contributed by atoms with van der Waals surface area (Å²) in [5.41, 5.74) is 3.13. The van der Waals surface area contributed by atoms with Crippen LogP contribution in [-0.4, -0.2) is 32.8 Å². The molecule has 0 aliphatic heterocycles. The molecule has 2 aromatic carbocycles. The molecule has 1 amide bonds. The molecule has 10 heteroatoms. The van der Waals surface area contributed by atoms with E-state index in [4.69, 9.17) is 4.74 Å². The zero-order chi connectivity index (χ0) is 20.9. The smallest absolute Gasteiger partial charge is 0.273 e. The molecule has 3 N–H and O–H groups in total. The van der Waals surface area contributed by atoms with E-state index in [1.165, 1.54) is 37.6 Å². The molecule has 0 spiro atoms. The van der Waals surface area contributed by atoms with Gasteiger partial charge in [-0.15, -0.1) is 11.3 Å². The number of benzene rings is 2. The molecule has 29 heavy (non-hydrogen) atoms. The van der Waals surface area contributed by atoms with Gasteiger partial charge in [-0.1, -0.05) is 18.2 Å². The summed E-state index contributed by atoms with van der Waals surface area (Å²) in [4.78, 5) is 12.5. The molecule has 1 heterocycles. The number of nitrogens with one attached hydrogen (secondary N) is 2. The van der Waals surface area contributed by atoms with Crippen molar-refractivity contribution in [2.75, 3.05) is 11.8 Å². The van der Waals surface area contributed by atoms with E-state index in [0.29, 0.717) is 11.3 Å². The lowest BCUT2D eigenvalue weighted by Crippen LogP contribution is -2.21. The number of sulfonamides is 1. The summed E-state index contributed by atoms with van der Waals surface area (Å²) in [7, 11) is -2.35. The summed E-state index contributed by atoms with van der Waals surface area (Å²) >= 11 is 1.07. The van der Waals surface area contributed by atoms with Gasteiger partial charge in [0.1, 0.15) is 4.21 Å². The van der Waals surface area contributed by atoms with Crippen LogP contribution in [0.2, 0.25) is 0 Å². The summed E-state index contributed by atoms with van der Waals surface area (Å²) in [6, 6.07) is 14.0. The van der Waals surface area contributed by atoms with E-state index in [-0.39, 0.29) is 21.2 Å². The van der Waals surface area contributed by atoms with Crippen LogP contribution in [0.25, 0.3) is 0 Å². The maximum absolute atomic E-state index is 12.5. The second-order valence-corrected chi connectivity index (χ2v) is 8.57. The van der Waals surface area contributed by atoms with E-state index in [9.17, 15) is 18.3 Å². The first-order valence-corrected chi connectivity index (χ1v) is 10.6. The van der Waals surface area contributed by atoms with E-state index >= 15 is 0 Å². The normalized spacial score (nSPS) is 11.3. The van der Waals surface area contributed by atoms with Crippen LogP contribution in [0.5, 0.6) is 11.5 Å². The Morgan fingerprint density at radius 3 is 2.66 bits per heavy atom. The van der Waals surface area contributed by atoms with E-state index in [2.05, 4.69) is 15.2 Å². The van der Waals surface area contributed by atoms with Gasteiger partial charge >= 0.3 is 0 Å². The van der Waals surface area contributed by atoms with Crippen LogP contribution < -0.4 is 14.9 Å². The van der Waals surface area contributed by atoms with Crippen molar-refractivity contribution in [2.45, 2.75) is 4.21 Å². The lowest BCUT2D eigenvalue weighted by Gasteiger charge is -2.10. The van der Waals surface area contributed by atoms with Crippen LogP contribution in [0.3, 0.4) is 0 Å². The molecule has 0 radical (unpaired) electrons. The second kappa shape index (κ2) is 8.76. The van der Waals surface area contributed by atoms with Crippen molar-refractivity contribution >= 4 is 39.2 Å². The molecule has 0 aliphatic carbocycles. The SMILES string of the molecule is COc1ccc(/C=N\NC(=O)c2ccccc2NS(=O)(=O)c2cccs2)cc1O. The maximum atomic E-state index is 12.5. The number of amides is 1. The molecule has 0 bridgehead atoms. The predicted octanol–water partition coefficient (Wildman–Crippen LogP) is 3.03. The Balaban J connectivity index is 1.74.